The van der Waals surface area contributed by atoms with Crippen LogP contribution in [0.2, 0.25) is 0 Å². The Bertz CT molecular complexity index is 1340. The zero-order chi connectivity index (χ0) is 23.7. The summed E-state index contributed by atoms with van der Waals surface area (Å²) in [6.45, 7) is 3.80. The first kappa shape index (κ1) is 22.1. The van der Waals surface area contributed by atoms with E-state index in [1.54, 1.807) is 24.3 Å². The van der Waals surface area contributed by atoms with Crippen LogP contribution in [-0.4, -0.2) is 65.9 Å². The van der Waals surface area contributed by atoms with E-state index < -0.39 is 0 Å². The van der Waals surface area contributed by atoms with Crippen LogP contribution in [0.5, 0.6) is 0 Å². The third kappa shape index (κ3) is 4.39. The van der Waals surface area contributed by atoms with E-state index in [9.17, 15) is 8.78 Å². The zero-order valence-corrected chi connectivity index (χ0v) is 19.2. The Morgan fingerprint density at radius 3 is 1.79 bits per heavy atom. The fourth-order valence-corrected chi connectivity index (χ4v) is 4.28. The number of fused-ring (bicyclic) bond motifs is 1. The van der Waals surface area contributed by atoms with Gasteiger partial charge in [0, 0.05) is 49.9 Å². The van der Waals surface area contributed by atoms with Crippen molar-refractivity contribution in [1.29, 1.82) is 0 Å². The number of amidine groups is 1. The molecular formula is C27H25F2N5. The summed E-state index contributed by atoms with van der Waals surface area (Å²) in [6, 6.07) is 18.3. The van der Waals surface area contributed by atoms with Gasteiger partial charge in [-0.15, -0.1) is 0 Å². The van der Waals surface area contributed by atoms with E-state index in [1.165, 1.54) is 24.3 Å². The van der Waals surface area contributed by atoms with Crippen LogP contribution in [0.15, 0.2) is 71.7 Å². The fraction of sp³-hybridized carbons (Fsp3) is 0.222. The van der Waals surface area contributed by atoms with Gasteiger partial charge in [-0.2, -0.15) is 0 Å². The number of aliphatic imine (C=N–C) groups is 1. The highest BCUT2D eigenvalue weighted by Crippen LogP contribution is 2.31. The Morgan fingerprint density at radius 1 is 0.735 bits per heavy atom. The number of halogens is 2. The fourth-order valence-electron chi connectivity index (χ4n) is 4.28. The summed E-state index contributed by atoms with van der Waals surface area (Å²) in [4.78, 5) is 19.0. The number of hydrogen-bond donors (Lipinski definition) is 0. The molecule has 0 N–H and O–H groups in total. The second-order valence-corrected chi connectivity index (χ2v) is 8.48. The Balaban J connectivity index is 1.63. The number of rotatable bonds is 3. The maximum atomic E-state index is 13.6. The molecule has 1 aliphatic heterocycles. The van der Waals surface area contributed by atoms with Gasteiger partial charge in [0.15, 0.2) is 0 Å². The van der Waals surface area contributed by atoms with Gasteiger partial charge in [-0.25, -0.2) is 18.7 Å². The van der Waals surface area contributed by atoms with E-state index in [-0.39, 0.29) is 11.6 Å². The number of piperazine rings is 1. The minimum atomic E-state index is -0.320. The Hall–Kier alpha value is -3.71. The van der Waals surface area contributed by atoms with Crippen LogP contribution in [0, 0.1) is 11.6 Å². The molecule has 1 fully saturated rings. The predicted molar refractivity (Wildman–Crippen MR) is 132 cm³/mol. The number of nitrogens with zero attached hydrogens (tertiary/aromatic N) is 5. The minimum absolute atomic E-state index is 0.319. The molecule has 1 saturated heterocycles. The van der Waals surface area contributed by atoms with Gasteiger partial charge in [0.25, 0.3) is 0 Å². The van der Waals surface area contributed by atoms with Gasteiger partial charge in [0.1, 0.15) is 17.5 Å². The lowest BCUT2D eigenvalue weighted by atomic mass is 10.0. The molecule has 7 heteroatoms. The van der Waals surface area contributed by atoms with Gasteiger partial charge in [-0.1, -0.05) is 0 Å². The van der Waals surface area contributed by atoms with Gasteiger partial charge in [0.05, 0.1) is 22.4 Å². The highest BCUT2D eigenvalue weighted by atomic mass is 19.1. The summed E-state index contributed by atoms with van der Waals surface area (Å²) in [5, 5.41) is 0. The number of likely N-dealkylation sites (N-methyl/N-ethyl adjacent to an activating group) is 1. The van der Waals surface area contributed by atoms with E-state index in [0.29, 0.717) is 11.4 Å². The number of aromatic nitrogens is 2. The molecule has 0 atom stereocenters. The summed E-state index contributed by atoms with van der Waals surface area (Å²) < 4.78 is 27.2. The van der Waals surface area contributed by atoms with E-state index in [2.05, 4.69) is 21.8 Å². The van der Waals surface area contributed by atoms with Crippen molar-refractivity contribution in [3.05, 3.63) is 83.9 Å². The van der Waals surface area contributed by atoms with Gasteiger partial charge >= 0.3 is 0 Å². The van der Waals surface area contributed by atoms with Crippen LogP contribution in [0.3, 0.4) is 0 Å². The molecule has 0 spiro atoms. The van der Waals surface area contributed by atoms with Crippen LogP contribution >= 0.6 is 0 Å². The molecule has 0 bridgehead atoms. The molecule has 5 nitrogen and oxygen atoms in total. The summed E-state index contributed by atoms with van der Waals surface area (Å²) in [7, 11) is 3.94. The van der Waals surface area contributed by atoms with Crippen molar-refractivity contribution in [3.63, 3.8) is 0 Å². The largest absolute Gasteiger partial charge is 0.354 e. The smallest absolute Gasteiger partial charge is 0.130 e. The molecule has 0 aliphatic carbocycles. The predicted octanol–water partition coefficient (Wildman–Crippen LogP) is 4.87. The monoisotopic (exact) mass is 457 g/mol. The molecule has 34 heavy (non-hydrogen) atoms. The molecule has 1 aliphatic rings. The van der Waals surface area contributed by atoms with Crippen molar-refractivity contribution in [2.24, 2.45) is 4.99 Å². The number of benzene rings is 3. The molecule has 0 amide bonds. The maximum Gasteiger partial charge on any atom is 0.130 e. The lowest BCUT2D eigenvalue weighted by molar-refractivity contribution is 0.215. The third-order valence-corrected chi connectivity index (χ3v) is 6.17. The molecule has 5 rings (SSSR count). The molecule has 0 saturated carbocycles. The SMILES string of the molecule is C/N=C(\c1ccc2nc(-c3ccc(F)cc3)c(-c3ccc(F)cc3)nc2c1)N1CCN(C)CC1. The van der Waals surface area contributed by atoms with Crippen LogP contribution < -0.4 is 0 Å². The zero-order valence-electron chi connectivity index (χ0n) is 19.2. The quantitative estimate of drug-likeness (QED) is 0.325. The van der Waals surface area contributed by atoms with Gasteiger partial charge in [0.2, 0.25) is 0 Å². The maximum absolute atomic E-state index is 13.6. The van der Waals surface area contributed by atoms with Crippen LogP contribution in [0.25, 0.3) is 33.5 Å². The lowest BCUT2D eigenvalue weighted by Crippen LogP contribution is -2.47. The molecule has 3 aromatic carbocycles. The highest BCUT2D eigenvalue weighted by Gasteiger charge is 2.20. The van der Waals surface area contributed by atoms with Crippen molar-refractivity contribution < 1.29 is 8.78 Å². The van der Waals surface area contributed by atoms with Gasteiger partial charge in [-0.05, 0) is 73.8 Å². The van der Waals surface area contributed by atoms with Crippen molar-refractivity contribution in [2.75, 3.05) is 40.3 Å². The topological polar surface area (TPSA) is 44.6 Å². The van der Waals surface area contributed by atoms with Crippen LogP contribution in [0.4, 0.5) is 8.78 Å². The molecule has 4 aromatic rings. The minimum Gasteiger partial charge on any atom is -0.354 e. The Labute approximate surface area is 197 Å². The summed E-state index contributed by atoms with van der Waals surface area (Å²) in [5.74, 6) is 0.294. The van der Waals surface area contributed by atoms with Crippen molar-refractivity contribution in [1.82, 2.24) is 19.8 Å². The molecule has 0 unspecified atom stereocenters. The average Bonchev–Trinajstić information content (AvgIpc) is 2.86. The molecule has 1 aromatic heterocycles. The Kier molecular flexibility index (Phi) is 6.02. The van der Waals surface area contributed by atoms with Gasteiger partial charge < -0.3 is 9.80 Å². The van der Waals surface area contributed by atoms with Crippen LogP contribution in [0.1, 0.15) is 5.56 Å². The third-order valence-electron chi connectivity index (χ3n) is 6.17. The van der Waals surface area contributed by atoms with E-state index in [4.69, 9.17) is 9.97 Å². The molecule has 2 heterocycles. The van der Waals surface area contributed by atoms with Crippen molar-refractivity contribution >= 4 is 16.9 Å². The second kappa shape index (κ2) is 9.27. The highest BCUT2D eigenvalue weighted by molar-refractivity contribution is 6.01. The van der Waals surface area contributed by atoms with Crippen molar-refractivity contribution in [2.45, 2.75) is 0 Å². The standard InChI is InChI=1S/C27H25F2N5/c1-30-27(34-15-13-33(2)14-16-34)20-7-12-23-24(17-20)32-26(19-5-10-22(29)11-6-19)25(31-23)18-3-8-21(28)9-4-18/h3-12,17H,13-16H2,1-2H3/b30-27+. The Morgan fingerprint density at radius 2 is 1.26 bits per heavy atom. The summed E-state index contributed by atoms with van der Waals surface area (Å²) >= 11 is 0. The van der Waals surface area contributed by atoms with Crippen molar-refractivity contribution in [3.8, 4) is 22.5 Å². The molecule has 172 valence electrons. The number of hydrogen-bond acceptors (Lipinski definition) is 4. The first-order chi connectivity index (χ1) is 16.5. The lowest BCUT2D eigenvalue weighted by Gasteiger charge is -2.34. The average molecular weight is 458 g/mol. The summed E-state index contributed by atoms with van der Waals surface area (Å²) in [5.41, 5.74) is 5.15. The van der Waals surface area contributed by atoms with E-state index in [1.807, 2.05) is 25.2 Å². The first-order valence-corrected chi connectivity index (χ1v) is 11.3. The summed E-state index contributed by atoms with van der Waals surface area (Å²) in [6.07, 6.45) is 0. The van der Waals surface area contributed by atoms with Gasteiger partial charge in [-0.3, -0.25) is 4.99 Å². The normalized spacial score (nSPS) is 15.2. The molecule has 0 radical (unpaired) electrons. The van der Waals surface area contributed by atoms with E-state index >= 15 is 0 Å². The molecular weight excluding hydrogens is 432 g/mol. The van der Waals surface area contributed by atoms with Crippen LogP contribution in [-0.2, 0) is 0 Å². The first-order valence-electron chi connectivity index (χ1n) is 11.3. The van der Waals surface area contributed by atoms with E-state index in [0.717, 1.165) is 59.7 Å². The second-order valence-electron chi connectivity index (χ2n) is 8.48.